The van der Waals surface area contributed by atoms with E-state index in [1.54, 1.807) is 11.1 Å². The van der Waals surface area contributed by atoms with Crippen LogP contribution in [0.1, 0.15) is 56.1 Å². The van der Waals surface area contributed by atoms with Gasteiger partial charge in [0.15, 0.2) is 0 Å². The summed E-state index contributed by atoms with van der Waals surface area (Å²) < 4.78 is 0. The van der Waals surface area contributed by atoms with Crippen molar-refractivity contribution in [2.45, 2.75) is 44.9 Å². The van der Waals surface area contributed by atoms with Gasteiger partial charge in [-0.1, -0.05) is 79.4 Å². The molecule has 0 bridgehead atoms. The molecular formula is C22H24. The van der Waals surface area contributed by atoms with E-state index in [0.29, 0.717) is 5.92 Å². The Balaban J connectivity index is 1.77. The van der Waals surface area contributed by atoms with E-state index in [-0.39, 0.29) is 0 Å². The monoisotopic (exact) mass is 288 g/mol. The van der Waals surface area contributed by atoms with E-state index in [1.807, 2.05) is 0 Å². The molecule has 2 aliphatic carbocycles. The summed E-state index contributed by atoms with van der Waals surface area (Å²) in [5.74, 6) is 1.52. The quantitative estimate of drug-likeness (QED) is 0.597. The molecule has 0 nitrogen and oxygen atoms in total. The van der Waals surface area contributed by atoms with Gasteiger partial charge in [-0.25, -0.2) is 0 Å². The Labute approximate surface area is 133 Å². The molecule has 0 spiro atoms. The third kappa shape index (κ3) is 2.31. The normalized spacial score (nSPS) is 21.5. The number of hydrogen-bond donors (Lipinski definition) is 0. The molecule has 0 aromatic heterocycles. The molecule has 112 valence electrons. The minimum absolute atomic E-state index is 0.666. The van der Waals surface area contributed by atoms with Gasteiger partial charge in [-0.05, 0) is 47.9 Å². The van der Waals surface area contributed by atoms with Gasteiger partial charge in [-0.15, -0.1) is 0 Å². The van der Waals surface area contributed by atoms with Gasteiger partial charge in [-0.3, -0.25) is 0 Å². The van der Waals surface area contributed by atoms with E-state index < -0.39 is 0 Å². The van der Waals surface area contributed by atoms with Crippen LogP contribution in [0.25, 0.3) is 17.2 Å². The average molecular weight is 288 g/mol. The number of fused-ring (bicyclic) bond motifs is 1. The zero-order valence-electron chi connectivity index (χ0n) is 13.4. The van der Waals surface area contributed by atoms with Gasteiger partial charge in [0, 0.05) is 5.92 Å². The second-order valence-electron chi connectivity index (χ2n) is 6.94. The fourth-order valence-corrected chi connectivity index (χ4v) is 4.54. The second kappa shape index (κ2) is 5.76. The van der Waals surface area contributed by atoms with Crippen molar-refractivity contribution >= 4 is 6.08 Å². The Hall–Kier alpha value is -1.82. The molecular weight excluding hydrogens is 264 g/mol. The van der Waals surface area contributed by atoms with Gasteiger partial charge in [0.25, 0.3) is 0 Å². The van der Waals surface area contributed by atoms with Crippen LogP contribution in [0.2, 0.25) is 0 Å². The van der Waals surface area contributed by atoms with Crippen LogP contribution in [0.3, 0.4) is 0 Å². The highest BCUT2D eigenvalue weighted by atomic mass is 14.4. The minimum Gasteiger partial charge on any atom is -0.0649 e. The fourth-order valence-electron chi connectivity index (χ4n) is 4.54. The van der Waals surface area contributed by atoms with E-state index in [4.69, 9.17) is 0 Å². The molecule has 4 rings (SSSR count). The molecule has 1 unspecified atom stereocenters. The van der Waals surface area contributed by atoms with Gasteiger partial charge in [0.1, 0.15) is 0 Å². The van der Waals surface area contributed by atoms with Gasteiger partial charge in [0.2, 0.25) is 0 Å². The van der Waals surface area contributed by atoms with Crippen LogP contribution >= 0.6 is 0 Å². The predicted molar refractivity (Wildman–Crippen MR) is 94.8 cm³/mol. The largest absolute Gasteiger partial charge is 0.0649 e. The number of hydrogen-bond acceptors (Lipinski definition) is 0. The van der Waals surface area contributed by atoms with Crippen molar-refractivity contribution in [3.8, 4) is 11.1 Å². The third-order valence-corrected chi connectivity index (χ3v) is 5.54. The lowest BCUT2D eigenvalue weighted by Gasteiger charge is -2.29. The SMILES string of the molecule is CC1=Cc2c(-c3ccccc3)cccc2C1C1CCCCC1. The molecule has 0 saturated heterocycles. The van der Waals surface area contributed by atoms with Crippen molar-refractivity contribution < 1.29 is 0 Å². The topological polar surface area (TPSA) is 0 Å². The van der Waals surface area contributed by atoms with Crippen LogP contribution in [-0.4, -0.2) is 0 Å². The highest BCUT2D eigenvalue weighted by Gasteiger charge is 2.31. The highest BCUT2D eigenvalue weighted by molar-refractivity contribution is 5.81. The molecule has 0 heteroatoms. The van der Waals surface area contributed by atoms with Crippen LogP contribution in [0.4, 0.5) is 0 Å². The van der Waals surface area contributed by atoms with E-state index in [1.165, 1.54) is 48.8 Å². The van der Waals surface area contributed by atoms with Crippen LogP contribution in [0.15, 0.2) is 54.1 Å². The average Bonchev–Trinajstić information content (AvgIpc) is 2.92. The van der Waals surface area contributed by atoms with E-state index >= 15 is 0 Å². The summed E-state index contributed by atoms with van der Waals surface area (Å²) in [5, 5.41) is 0. The summed E-state index contributed by atoms with van der Waals surface area (Å²) in [4.78, 5) is 0. The number of benzene rings is 2. The Morgan fingerprint density at radius 2 is 1.59 bits per heavy atom. The Morgan fingerprint density at radius 1 is 0.818 bits per heavy atom. The Bertz CT molecular complexity index is 687. The van der Waals surface area contributed by atoms with E-state index in [9.17, 15) is 0 Å². The maximum absolute atomic E-state index is 2.46. The lowest BCUT2D eigenvalue weighted by molar-refractivity contribution is 0.327. The molecule has 0 aliphatic heterocycles. The molecule has 0 amide bonds. The van der Waals surface area contributed by atoms with Gasteiger partial charge in [0.05, 0.1) is 0 Å². The molecule has 0 radical (unpaired) electrons. The van der Waals surface area contributed by atoms with E-state index in [0.717, 1.165) is 5.92 Å². The smallest absolute Gasteiger partial charge is 0.00831 e. The molecule has 1 fully saturated rings. The summed E-state index contributed by atoms with van der Waals surface area (Å²) in [7, 11) is 0. The molecule has 2 aromatic rings. The van der Waals surface area contributed by atoms with Crippen molar-refractivity contribution in [3.05, 3.63) is 65.2 Å². The third-order valence-electron chi connectivity index (χ3n) is 5.54. The molecule has 1 saturated carbocycles. The summed E-state index contributed by atoms with van der Waals surface area (Å²) in [6, 6.07) is 17.7. The first kappa shape index (κ1) is 13.8. The number of rotatable bonds is 2. The van der Waals surface area contributed by atoms with Crippen molar-refractivity contribution in [2.75, 3.05) is 0 Å². The lowest BCUT2D eigenvalue weighted by Crippen LogP contribution is -2.16. The van der Waals surface area contributed by atoms with Crippen LogP contribution in [0, 0.1) is 5.92 Å². The molecule has 0 N–H and O–H groups in total. The standard InChI is InChI=1S/C22H24/c1-16-15-21-19(17-9-4-2-5-10-17)13-8-14-20(21)22(16)18-11-6-3-7-12-18/h2,4-5,8-10,13-15,18,22H,3,6-7,11-12H2,1H3. The Morgan fingerprint density at radius 3 is 2.36 bits per heavy atom. The number of allylic oxidation sites excluding steroid dienone is 1. The summed E-state index contributed by atoms with van der Waals surface area (Å²) >= 11 is 0. The van der Waals surface area contributed by atoms with Crippen molar-refractivity contribution in [1.29, 1.82) is 0 Å². The Kier molecular flexibility index (Phi) is 3.62. The van der Waals surface area contributed by atoms with Crippen LogP contribution in [0.5, 0.6) is 0 Å². The molecule has 1 atom stereocenters. The molecule has 2 aliphatic rings. The predicted octanol–water partition coefficient (Wildman–Crippen LogP) is 6.43. The molecule has 0 heterocycles. The van der Waals surface area contributed by atoms with Crippen LogP contribution in [-0.2, 0) is 0 Å². The van der Waals surface area contributed by atoms with E-state index in [2.05, 4.69) is 61.5 Å². The first-order valence-corrected chi connectivity index (χ1v) is 8.71. The maximum atomic E-state index is 2.46. The summed E-state index contributed by atoms with van der Waals surface area (Å²) in [5.41, 5.74) is 7.36. The minimum atomic E-state index is 0.666. The first-order valence-electron chi connectivity index (χ1n) is 8.71. The van der Waals surface area contributed by atoms with Crippen LogP contribution < -0.4 is 0 Å². The summed E-state index contributed by atoms with van der Waals surface area (Å²) in [6.45, 7) is 2.34. The lowest BCUT2D eigenvalue weighted by atomic mass is 9.75. The highest BCUT2D eigenvalue weighted by Crippen LogP contribution is 2.48. The van der Waals surface area contributed by atoms with Gasteiger partial charge >= 0.3 is 0 Å². The first-order chi connectivity index (χ1) is 10.8. The second-order valence-corrected chi connectivity index (χ2v) is 6.94. The molecule has 22 heavy (non-hydrogen) atoms. The summed E-state index contributed by atoms with van der Waals surface area (Å²) in [6.07, 6.45) is 9.54. The van der Waals surface area contributed by atoms with Crippen molar-refractivity contribution in [2.24, 2.45) is 5.92 Å². The maximum Gasteiger partial charge on any atom is 0.00831 e. The zero-order chi connectivity index (χ0) is 14.9. The van der Waals surface area contributed by atoms with Crippen molar-refractivity contribution in [1.82, 2.24) is 0 Å². The van der Waals surface area contributed by atoms with Crippen molar-refractivity contribution in [3.63, 3.8) is 0 Å². The molecule has 2 aromatic carbocycles. The fraction of sp³-hybridized carbons (Fsp3) is 0.364. The van der Waals surface area contributed by atoms with Gasteiger partial charge < -0.3 is 0 Å². The zero-order valence-corrected chi connectivity index (χ0v) is 13.4. The van der Waals surface area contributed by atoms with Gasteiger partial charge in [-0.2, -0.15) is 0 Å².